The first-order chi connectivity index (χ1) is 14.4. The number of benzene rings is 2. The Labute approximate surface area is 174 Å². The zero-order valence-electron chi connectivity index (χ0n) is 16.7. The summed E-state index contributed by atoms with van der Waals surface area (Å²) in [4.78, 5) is 35.5. The summed E-state index contributed by atoms with van der Waals surface area (Å²) in [7, 11) is 0. The van der Waals surface area contributed by atoms with Crippen molar-refractivity contribution in [1.29, 1.82) is 0 Å². The van der Waals surface area contributed by atoms with E-state index in [4.69, 9.17) is 9.84 Å². The van der Waals surface area contributed by atoms with Gasteiger partial charge in [-0.1, -0.05) is 48.5 Å². The molecular formula is C23H24N2O5. The first-order valence-electron chi connectivity index (χ1n) is 10.1. The second kappa shape index (κ2) is 7.82. The van der Waals surface area contributed by atoms with Crippen LogP contribution >= 0.6 is 0 Å². The van der Waals surface area contributed by atoms with Crippen LogP contribution in [0.1, 0.15) is 43.2 Å². The van der Waals surface area contributed by atoms with Gasteiger partial charge in [0.2, 0.25) is 5.91 Å². The van der Waals surface area contributed by atoms with Crippen molar-refractivity contribution >= 4 is 18.0 Å². The quantitative estimate of drug-likeness (QED) is 0.653. The molecule has 1 atom stereocenters. The molecule has 0 aromatic heterocycles. The zero-order chi connectivity index (χ0) is 21.3. The molecule has 0 bridgehead atoms. The molecule has 1 saturated carbocycles. The maximum absolute atomic E-state index is 12.3. The van der Waals surface area contributed by atoms with Crippen molar-refractivity contribution in [1.82, 2.24) is 10.6 Å². The molecule has 0 aliphatic heterocycles. The van der Waals surface area contributed by atoms with Crippen molar-refractivity contribution in [3.05, 3.63) is 59.7 Å². The molecular weight excluding hydrogens is 384 g/mol. The molecule has 0 saturated heterocycles. The number of carboxylic acids is 1. The molecule has 0 radical (unpaired) electrons. The number of alkyl carbamates (subject to hydrolysis) is 1. The third kappa shape index (κ3) is 3.87. The van der Waals surface area contributed by atoms with Crippen molar-refractivity contribution < 1.29 is 24.2 Å². The Morgan fingerprint density at radius 1 is 1.07 bits per heavy atom. The van der Waals surface area contributed by atoms with Gasteiger partial charge in [0.1, 0.15) is 12.1 Å². The molecule has 156 valence electrons. The molecule has 7 nitrogen and oxygen atoms in total. The molecule has 2 aromatic carbocycles. The zero-order valence-corrected chi connectivity index (χ0v) is 16.7. The van der Waals surface area contributed by atoms with E-state index in [1.807, 2.05) is 36.4 Å². The van der Waals surface area contributed by atoms with E-state index in [1.165, 1.54) is 0 Å². The molecule has 2 amide bonds. The number of nitrogens with one attached hydrogen (secondary N) is 2. The molecule has 0 heterocycles. The summed E-state index contributed by atoms with van der Waals surface area (Å²) in [6, 6.07) is 15.7. The summed E-state index contributed by atoms with van der Waals surface area (Å²) in [5, 5.41) is 14.3. The Hall–Kier alpha value is -3.35. The number of fused-ring (bicyclic) bond motifs is 3. The van der Waals surface area contributed by atoms with Gasteiger partial charge in [-0.25, -0.2) is 9.59 Å². The largest absolute Gasteiger partial charge is 0.480 e. The minimum absolute atomic E-state index is 0.0147. The Balaban J connectivity index is 1.31. The van der Waals surface area contributed by atoms with E-state index in [0.29, 0.717) is 12.8 Å². The summed E-state index contributed by atoms with van der Waals surface area (Å²) in [6.45, 7) is 1.88. The average Bonchev–Trinajstić information content (AvgIpc) is 3.42. The fourth-order valence-electron chi connectivity index (χ4n) is 4.01. The number of amides is 2. The van der Waals surface area contributed by atoms with Crippen LogP contribution in [0.4, 0.5) is 4.79 Å². The van der Waals surface area contributed by atoms with Crippen molar-refractivity contribution in [3.63, 3.8) is 0 Å². The maximum Gasteiger partial charge on any atom is 0.407 e. The standard InChI is InChI=1S/C23H24N2O5/c1-14(12-20(26)25-23(10-11-23)21(27)28)24-22(29)30-13-19-17-8-4-2-6-15(17)16-7-3-5-9-18(16)19/h2-9,14,19H,10-13H2,1H3,(H,24,29)(H,25,26)(H,27,28)/t14-/m1/s1. The van der Waals surface area contributed by atoms with E-state index in [2.05, 4.69) is 22.8 Å². The lowest BCUT2D eigenvalue weighted by Crippen LogP contribution is -2.45. The third-order valence-electron chi connectivity index (χ3n) is 5.74. The fourth-order valence-corrected chi connectivity index (χ4v) is 4.01. The molecule has 7 heteroatoms. The number of aliphatic carboxylic acids is 1. The van der Waals surface area contributed by atoms with E-state index in [9.17, 15) is 14.4 Å². The van der Waals surface area contributed by atoms with Crippen molar-refractivity contribution in [2.75, 3.05) is 6.61 Å². The van der Waals surface area contributed by atoms with Crippen LogP contribution in [0.2, 0.25) is 0 Å². The number of ether oxygens (including phenoxy) is 1. The smallest absolute Gasteiger partial charge is 0.407 e. The van der Waals surface area contributed by atoms with E-state index in [-0.39, 0.29) is 18.9 Å². The van der Waals surface area contributed by atoms with Gasteiger partial charge in [-0.15, -0.1) is 0 Å². The molecule has 3 N–H and O–H groups in total. The topological polar surface area (TPSA) is 105 Å². The molecule has 1 fully saturated rings. The highest BCUT2D eigenvalue weighted by molar-refractivity contribution is 5.89. The number of rotatable bonds is 7. The minimum atomic E-state index is -1.12. The molecule has 30 heavy (non-hydrogen) atoms. The molecule has 2 aliphatic carbocycles. The van der Waals surface area contributed by atoms with Crippen LogP contribution in [0.25, 0.3) is 11.1 Å². The number of hydrogen-bond donors (Lipinski definition) is 3. The first-order valence-corrected chi connectivity index (χ1v) is 10.1. The lowest BCUT2D eigenvalue weighted by molar-refractivity contribution is -0.143. The van der Waals surface area contributed by atoms with E-state index in [0.717, 1.165) is 22.3 Å². The predicted octanol–water partition coefficient (Wildman–Crippen LogP) is 3.04. The Kier molecular flexibility index (Phi) is 5.20. The number of carbonyl (C=O) groups excluding carboxylic acids is 2. The van der Waals surface area contributed by atoms with Crippen molar-refractivity contribution in [2.24, 2.45) is 0 Å². The van der Waals surface area contributed by atoms with E-state index < -0.39 is 29.6 Å². The Morgan fingerprint density at radius 2 is 1.63 bits per heavy atom. The summed E-state index contributed by atoms with van der Waals surface area (Å²) in [5.41, 5.74) is 3.43. The molecule has 0 unspecified atom stereocenters. The second-order valence-electron chi connectivity index (χ2n) is 8.01. The Bertz CT molecular complexity index is 953. The molecule has 2 aliphatic rings. The van der Waals surface area contributed by atoms with Gasteiger partial charge < -0.3 is 20.5 Å². The highest BCUT2D eigenvalue weighted by atomic mass is 16.5. The van der Waals surface area contributed by atoms with Crippen molar-refractivity contribution in [2.45, 2.75) is 43.7 Å². The summed E-state index contributed by atoms with van der Waals surface area (Å²) in [6.07, 6.45) is 0.251. The highest BCUT2D eigenvalue weighted by Gasteiger charge is 2.51. The fraction of sp³-hybridized carbons (Fsp3) is 0.348. The third-order valence-corrected chi connectivity index (χ3v) is 5.74. The monoisotopic (exact) mass is 408 g/mol. The van der Waals surface area contributed by atoms with Crippen LogP contribution in [0.3, 0.4) is 0 Å². The minimum Gasteiger partial charge on any atom is -0.480 e. The summed E-state index contributed by atoms with van der Waals surface area (Å²) >= 11 is 0. The maximum atomic E-state index is 12.3. The van der Waals surface area contributed by atoms with Crippen LogP contribution in [-0.4, -0.2) is 41.3 Å². The lowest BCUT2D eigenvalue weighted by Gasteiger charge is -2.18. The van der Waals surface area contributed by atoms with E-state index >= 15 is 0 Å². The number of carbonyl (C=O) groups is 3. The van der Waals surface area contributed by atoms with Crippen LogP contribution in [0.5, 0.6) is 0 Å². The van der Waals surface area contributed by atoms with Crippen LogP contribution < -0.4 is 10.6 Å². The van der Waals surface area contributed by atoms with Crippen LogP contribution in [0.15, 0.2) is 48.5 Å². The van der Waals surface area contributed by atoms with Gasteiger partial charge in [-0.3, -0.25) is 4.79 Å². The first kappa shape index (κ1) is 19.9. The number of carboxylic acid groups (broad SMARTS) is 1. The van der Waals surface area contributed by atoms with Gasteiger partial charge in [-0.2, -0.15) is 0 Å². The SMILES string of the molecule is C[C@H](CC(=O)NC1(C(=O)O)CC1)NC(=O)OCC1c2ccccc2-c2ccccc21. The number of hydrogen-bond acceptors (Lipinski definition) is 4. The molecule has 4 rings (SSSR count). The Morgan fingerprint density at radius 3 is 2.17 bits per heavy atom. The van der Waals surface area contributed by atoms with Crippen LogP contribution in [-0.2, 0) is 14.3 Å². The van der Waals surface area contributed by atoms with Gasteiger partial charge >= 0.3 is 12.1 Å². The predicted molar refractivity (Wildman–Crippen MR) is 110 cm³/mol. The lowest BCUT2D eigenvalue weighted by atomic mass is 9.98. The second-order valence-corrected chi connectivity index (χ2v) is 8.01. The van der Waals surface area contributed by atoms with Gasteiger partial charge in [-0.05, 0) is 42.0 Å². The normalized spacial score (nSPS) is 16.7. The average molecular weight is 408 g/mol. The summed E-state index contributed by atoms with van der Waals surface area (Å²) in [5.74, 6) is -1.46. The van der Waals surface area contributed by atoms with Gasteiger partial charge in [0.25, 0.3) is 0 Å². The van der Waals surface area contributed by atoms with Crippen LogP contribution in [0, 0.1) is 0 Å². The summed E-state index contributed by atoms with van der Waals surface area (Å²) < 4.78 is 5.47. The highest BCUT2D eigenvalue weighted by Crippen LogP contribution is 2.44. The van der Waals surface area contributed by atoms with Gasteiger partial charge in [0.05, 0.1) is 0 Å². The van der Waals surface area contributed by atoms with Gasteiger partial charge in [0, 0.05) is 18.4 Å². The molecule has 0 spiro atoms. The molecule has 2 aromatic rings. The van der Waals surface area contributed by atoms with E-state index in [1.54, 1.807) is 6.92 Å². The van der Waals surface area contributed by atoms with Crippen molar-refractivity contribution in [3.8, 4) is 11.1 Å². The van der Waals surface area contributed by atoms with Gasteiger partial charge in [0.15, 0.2) is 0 Å².